The van der Waals surface area contributed by atoms with Crippen molar-refractivity contribution in [1.29, 1.82) is 0 Å². The van der Waals surface area contributed by atoms with Crippen molar-refractivity contribution in [2.24, 2.45) is 0 Å². The van der Waals surface area contributed by atoms with Gasteiger partial charge in [-0.2, -0.15) is 0 Å². The Hall–Kier alpha value is -1.64. The number of unbranched alkanes of at least 4 members (excludes halogenated alkanes) is 2. The van der Waals surface area contributed by atoms with Crippen LogP contribution in [-0.2, 0) is 12.8 Å². The van der Waals surface area contributed by atoms with Crippen molar-refractivity contribution in [3.63, 3.8) is 0 Å². The topological polar surface area (TPSA) is 46.2 Å². The molecule has 1 aliphatic rings. The molecule has 0 aromatic heterocycles. The van der Waals surface area contributed by atoms with Crippen LogP contribution >= 0.6 is 0 Å². The predicted octanol–water partition coefficient (Wildman–Crippen LogP) is 3.26. The van der Waals surface area contributed by atoms with Crippen LogP contribution in [0.3, 0.4) is 0 Å². The molecule has 0 spiro atoms. The van der Waals surface area contributed by atoms with Gasteiger partial charge >= 0.3 is 0 Å². The van der Waals surface area contributed by atoms with Crippen LogP contribution in [0.15, 0.2) is 12.1 Å². The lowest BCUT2D eigenvalue weighted by atomic mass is 9.91. The molecule has 2 amide bonds. The smallest absolute Gasteiger partial charge is 0.259 e. The van der Waals surface area contributed by atoms with E-state index in [-0.39, 0.29) is 11.8 Å². The summed E-state index contributed by atoms with van der Waals surface area (Å²) in [5.41, 5.74) is 3.51. The first-order chi connectivity index (χ1) is 9.19. The van der Waals surface area contributed by atoms with Crippen LogP contribution in [-0.4, -0.2) is 11.8 Å². The number of rotatable bonds is 6. The molecular formula is C16H21NO2. The Morgan fingerprint density at radius 1 is 0.947 bits per heavy atom. The summed E-state index contributed by atoms with van der Waals surface area (Å²) >= 11 is 0. The quantitative estimate of drug-likeness (QED) is 0.797. The molecule has 1 N–H and O–H groups in total. The molecule has 0 unspecified atom stereocenters. The molecule has 0 radical (unpaired) electrons. The third-order valence-electron chi connectivity index (χ3n) is 3.69. The van der Waals surface area contributed by atoms with Gasteiger partial charge in [0.15, 0.2) is 0 Å². The predicted molar refractivity (Wildman–Crippen MR) is 75.5 cm³/mol. The van der Waals surface area contributed by atoms with E-state index in [1.165, 1.54) is 5.56 Å². The van der Waals surface area contributed by atoms with E-state index >= 15 is 0 Å². The van der Waals surface area contributed by atoms with Gasteiger partial charge in [-0.05, 0) is 42.9 Å². The minimum atomic E-state index is -0.250. The second-order valence-corrected chi connectivity index (χ2v) is 5.12. The van der Waals surface area contributed by atoms with Gasteiger partial charge in [0.05, 0.1) is 11.1 Å². The summed E-state index contributed by atoms with van der Waals surface area (Å²) in [7, 11) is 0. The van der Waals surface area contributed by atoms with Crippen molar-refractivity contribution in [3.8, 4) is 0 Å². The molecule has 0 fully saturated rings. The molecule has 102 valence electrons. The maximum absolute atomic E-state index is 12.0. The number of aryl methyl sites for hydroxylation is 1. The fourth-order valence-electron chi connectivity index (χ4n) is 2.61. The molecule has 0 bridgehead atoms. The Balaban J connectivity index is 2.43. The number of fused-ring (bicyclic) bond motifs is 1. The van der Waals surface area contributed by atoms with Gasteiger partial charge in [-0.3, -0.25) is 14.9 Å². The van der Waals surface area contributed by atoms with Gasteiger partial charge < -0.3 is 0 Å². The van der Waals surface area contributed by atoms with Crippen molar-refractivity contribution < 1.29 is 9.59 Å². The number of benzene rings is 1. The van der Waals surface area contributed by atoms with Crippen molar-refractivity contribution in [2.75, 3.05) is 0 Å². The van der Waals surface area contributed by atoms with Crippen molar-refractivity contribution >= 4 is 11.8 Å². The number of imide groups is 1. The molecule has 2 rings (SSSR count). The molecule has 0 atom stereocenters. The van der Waals surface area contributed by atoms with Crippen molar-refractivity contribution in [1.82, 2.24) is 5.32 Å². The third kappa shape index (κ3) is 2.70. The highest BCUT2D eigenvalue weighted by Gasteiger charge is 2.30. The van der Waals surface area contributed by atoms with E-state index in [0.717, 1.165) is 44.1 Å². The first kappa shape index (κ1) is 13.8. The zero-order valence-electron chi connectivity index (χ0n) is 11.7. The monoisotopic (exact) mass is 259 g/mol. The van der Waals surface area contributed by atoms with Crippen LogP contribution < -0.4 is 5.32 Å². The normalized spacial score (nSPS) is 13.6. The first-order valence-corrected chi connectivity index (χ1v) is 7.19. The van der Waals surface area contributed by atoms with E-state index in [0.29, 0.717) is 11.1 Å². The van der Waals surface area contributed by atoms with Crippen LogP contribution in [0.2, 0.25) is 0 Å². The van der Waals surface area contributed by atoms with Crippen LogP contribution in [0.25, 0.3) is 0 Å². The Morgan fingerprint density at radius 2 is 1.63 bits per heavy atom. The standard InChI is InChI=1S/C16H21NO2/c1-3-5-7-11-9-10-13-14(12(11)8-6-4-2)16(19)17-15(13)18/h9-10H,3-8H2,1-2H3,(H,17,18,19). The number of hydrogen-bond donors (Lipinski definition) is 1. The van der Waals surface area contributed by atoms with Gasteiger partial charge in [-0.1, -0.05) is 32.8 Å². The lowest BCUT2D eigenvalue weighted by molar-refractivity contribution is 0.0879. The summed E-state index contributed by atoms with van der Waals surface area (Å²) in [5, 5.41) is 2.40. The molecule has 1 heterocycles. The van der Waals surface area contributed by atoms with Gasteiger partial charge in [0, 0.05) is 0 Å². The van der Waals surface area contributed by atoms with E-state index < -0.39 is 0 Å². The van der Waals surface area contributed by atoms with E-state index in [1.807, 2.05) is 6.07 Å². The summed E-state index contributed by atoms with van der Waals surface area (Å²) in [6.07, 6.45) is 6.27. The summed E-state index contributed by atoms with van der Waals surface area (Å²) in [6.45, 7) is 4.30. The Morgan fingerprint density at radius 3 is 2.32 bits per heavy atom. The first-order valence-electron chi connectivity index (χ1n) is 7.19. The lowest BCUT2D eigenvalue weighted by Crippen LogP contribution is -2.20. The molecule has 3 nitrogen and oxygen atoms in total. The number of carbonyl (C=O) groups excluding carboxylic acids is 2. The summed E-state index contributed by atoms with van der Waals surface area (Å²) in [6, 6.07) is 3.83. The number of hydrogen-bond acceptors (Lipinski definition) is 2. The molecular weight excluding hydrogens is 238 g/mol. The van der Waals surface area contributed by atoms with Crippen molar-refractivity contribution in [3.05, 3.63) is 34.4 Å². The maximum Gasteiger partial charge on any atom is 0.259 e. The van der Waals surface area contributed by atoms with Crippen LogP contribution in [0, 0.1) is 0 Å². The lowest BCUT2D eigenvalue weighted by Gasteiger charge is -2.12. The summed E-state index contributed by atoms with van der Waals surface area (Å²) in [5.74, 6) is -0.468. The Kier molecular flexibility index (Phi) is 4.35. The van der Waals surface area contributed by atoms with Gasteiger partial charge in [-0.15, -0.1) is 0 Å². The van der Waals surface area contributed by atoms with Crippen LogP contribution in [0.4, 0.5) is 0 Å². The molecule has 0 aliphatic carbocycles. The summed E-state index contributed by atoms with van der Waals surface area (Å²) < 4.78 is 0. The van der Waals surface area contributed by atoms with Gasteiger partial charge in [0.25, 0.3) is 11.8 Å². The second kappa shape index (κ2) is 6.00. The average Bonchev–Trinajstić information content (AvgIpc) is 2.69. The fraction of sp³-hybridized carbons (Fsp3) is 0.500. The van der Waals surface area contributed by atoms with E-state index in [4.69, 9.17) is 0 Å². The molecule has 1 aromatic rings. The molecule has 3 heteroatoms. The van der Waals surface area contributed by atoms with Gasteiger partial charge in [0.1, 0.15) is 0 Å². The molecule has 1 aromatic carbocycles. The van der Waals surface area contributed by atoms with Crippen LogP contribution in [0.1, 0.15) is 71.4 Å². The summed E-state index contributed by atoms with van der Waals surface area (Å²) in [4.78, 5) is 23.6. The SMILES string of the molecule is CCCCc1ccc2c(c1CCCC)C(=O)NC2=O. The van der Waals surface area contributed by atoms with E-state index in [9.17, 15) is 9.59 Å². The van der Waals surface area contributed by atoms with Gasteiger partial charge in [-0.25, -0.2) is 0 Å². The minimum absolute atomic E-state index is 0.218. The largest absolute Gasteiger partial charge is 0.288 e. The maximum atomic E-state index is 12.0. The fourth-order valence-corrected chi connectivity index (χ4v) is 2.61. The highest BCUT2D eigenvalue weighted by atomic mass is 16.2. The minimum Gasteiger partial charge on any atom is -0.288 e. The third-order valence-corrected chi connectivity index (χ3v) is 3.69. The highest BCUT2D eigenvalue weighted by Crippen LogP contribution is 2.26. The van der Waals surface area contributed by atoms with Crippen molar-refractivity contribution in [2.45, 2.75) is 52.4 Å². The molecule has 0 saturated carbocycles. The molecule has 1 aliphatic heterocycles. The van der Waals surface area contributed by atoms with E-state index in [2.05, 4.69) is 19.2 Å². The molecule has 19 heavy (non-hydrogen) atoms. The van der Waals surface area contributed by atoms with Crippen LogP contribution in [0.5, 0.6) is 0 Å². The second-order valence-electron chi connectivity index (χ2n) is 5.12. The van der Waals surface area contributed by atoms with E-state index in [1.54, 1.807) is 6.07 Å². The Labute approximate surface area is 114 Å². The number of carbonyl (C=O) groups is 2. The zero-order valence-corrected chi connectivity index (χ0v) is 11.7. The number of amides is 2. The zero-order chi connectivity index (χ0) is 13.8. The van der Waals surface area contributed by atoms with Gasteiger partial charge in [0.2, 0.25) is 0 Å². The Bertz CT molecular complexity index is 506. The average molecular weight is 259 g/mol. The molecule has 0 saturated heterocycles. The highest BCUT2D eigenvalue weighted by molar-refractivity contribution is 6.22. The number of nitrogens with one attached hydrogen (secondary N) is 1.